The van der Waals surface area contributed by atoms with Crippen molar-refractivity contribution in [3.8, 4) is 17.1 Å². The van der Waals surface area contributed by atoms with E-state index >= 15 is 0 Å². The molecule has 0 unspecified atom stereocenters. The maximum Gasteiger partial charge on any atom is 0.189 e. The molecule has 2 heterocycles. The Balaban J connectivity index is 2.42. The molecule has 0 saturated carbocycles. The maximum atomic E-state index is 5.50. The van der Waals surface area contributed by atoms with Crippen LogP contribution in [-0.4, -0.2) is 33.4 Å². The van der Waals surface area contributed by atoms with Gasteiger partial charge in [0.1, 0.15) is 12.0 Å². The van der Waals surface area contributed by atoms with Crippen molar-refractivity contribution < 1.29 is 4.74 Å². The first-order valence-electron chi connectivity index (χ1n) is 6.96. The van der Waals surface area contributed by atoms with Crippen LogP contribution in [0, 0.1) is 0 Å². The molecule has 0 amide bonds. The zero-order valence-corrected chi connectivity index (χ0v) is 12.3. The van der Waals surface area contributed by atoms with Crippen molar-refractivity contribution in [1.82, 2.24) is 19.7 Å². The standard InChI is InChI=1S/C14H21N5O/c1-4-7-15-14-13(20-3)12(16-10-17-14)11-6-8-18-19(11)9-5-2/h6,8,10H,4-5,7,9H2,1-3H3,(H,15,16,17). The van der Waals surface area contributed by atoms with Gasteiger partial charge in [-0.15, -0.1) is 0 Å². The number of rotatable bonds is 7. The first kappa shape index (κ1) is 14.3. The van der Waals surface area contributed by atoms with E-state index in [1.54, 1.807) is 19.6 Å². The summed E-state index contributed by atoms with van der Waals surface area (Å²) in [4.78, 5) is 8.62. The molecule has 0 aromatic carbocycles. The van der Waals surface area contributed by atoms with E-state index in [-0.39, 0.29) is 0 Å². The number of aromatic nitrogens is 4. The molecule has 6 heteroatoms. The van der Waals surface area contributed by atoms with Gasteiger partial charge in [0.2, 0.25) is 0 Å². The summed E-state index contributed by atoms with van der Waals surface area (Å²) in [6.45, 7) is 5.93. The van der Waals surface area contributed by atoms with Gasteiger partial charge in [0.05, 0.1) is 12.8 Å². The quantitative estimate of drug-likeness (QED) is 0.841. The van der Waals surface area contributed by atoms with Crippen LogP contribution in [-0.2, 0) is 6.54 Å². The van der Waals surface area contributed by atoms with Crippen molar-refractivity contribution in [1.29, 1.82) is 0 Å². The summed E-state index contributed by atoms with van der Waals surface area (Å²) in [5, 5.41) is 7.59. The van der Waals surface area contributed by atoms with E-state index in [0.29, 0.717) is 5.75 Å². The molecule has 2 rings (SSSR count). The Morgan fingerprint density at radius 1 is 1.25 bits per heavy atom. The van der Waals surface area contributed by atoms with Crippen LogP contribution in [0.1, 0.15) is 26.7 Å². The number of hydrogen-bond acceptors (Lipinski definition) is 5. The van der Waals surface area contributed by atoms with Crippen LogP contribution in [0.2, 0.25) is 0 Å². The summed E-state index contributed by atoms with van der Waals surface area (Å²) in [7, 11) is 1.64. The minimum atomic E-state index is 0.666. The van der Waals surface area contributed by atoms with Crippen LogP contribution in [0.5, 0.6) is 5.75 Å². The second-order valence-electron chi connectivity index (χ2n) is 4.47. The maximum absolute atomic E-state index is 5.50. The number of nitrogens with one attached hydrogen (secondary N) is 1. The van der Waals surface area contributed by atoms with E-state index in [0.717, 1.165) is 43.1 Å². The van der Waals surface area contributed by atoms with Crippen LogP contribution < -0.4 is 10.1 Å². The molecule has 2 aromatic rings. The van der Waals surface area contributed by atoms with Gasteiger partial charge < -0.3 is 10.1 Å². The molecule has 0 bridgehead atoms. The average Bonchev–Trinajstić information content (AvgIpc) is 2.93. The highest BCUT2D eigenvalue weighted by Crippen LogP contribution is 2.32. The minimum Gasteiger partial charge on any atom is -0.491 e. The van der Waals surface area contributed by atoms with Crippen molar-refractivity contribution in [3.63, 3.8) is 0 Å². The molecule has 0 saturated heterocycles. The molecular formula is C14H21N5O. The molecule has 6 nitrogen and oxygen atoms in total. The minimum absolute atomic E-state index is 0.666. The summed E-state index contributed by atoms with van der Waals surface area (Å²) in [6.07, 6.45) is 5.38. The fraction of sp³-hybridized carbons (Fsp3) is 0.500. The highest BCUT2D eigenvalue weighted by atomic mass is 16.5. The van der Waals surface area contributed by atoms with Gasteiger partial charge in [-0.1, -0.05) is 13.8 Å². The van der Waals surface area contributed by atoms with Crippen LogP contribution in [0.15, 0.2) is 18.6 Å². The Kier molecular flexibility index (Phi) is 4.92. The largest absolute Gasteiger partial charge is 0.491 e. The Hall–Kier alpha value is -2.11. The van der Waals surface area contributed by atoms with Gasteiger partial charge in [0, 0.05) is 19.3 Å². The number of nitrogens with zero attached hydrogens (tertiary/aromatic N) is 4. The zero-order chi connectivity index (χ0) is 14.4. The predicted octanol–water partition coefficient (Wildman–Crippen LogP) is 2.58. The molecule has 0 aliphatic rings. The average molecular weight is 275 g/mol. The molecule has 0 fully saturated rings. The van der Waals surface area contributed by atoms with E-state index in [1.165, 1.54) is 0 Å². The Labute approximate surface area is 119 Å². The van der Waals surface area contributed by atoms with Gasteiger partial charge in [-0.3, -0.25) is 4.68 Å². The van der Waals surface area contributed by atoms with Crippen LogP contribution in [0.4, 0.5) is 5.82 Å². The van der Waals surface area contributed by atoms with Crippen molar-refractivity contribution in [2.75, 3.05) is 19.0 Å². The van der Waals surface area contributed by atoms with Crippen molar-refractivity contribution in [2.24, 2.45) is 0 Å². The van der Waals surface area contributed by atoms with Crippen LogP contribution >= 0.6 is 0 Å². The summed E-state index contributed by atoms with van der Waals surface area (Å²) in [5.74, 6) is 1.39. The number of hydrogen-bond donors (Lipinski definition) is 1. The highest BCUT2D eigenvalue weighted by Gasteiger charge is 2.16. The molecule has 1 N–H and O–H groups in total. The summed E-state index contributed by atoms with van der Waals surface area (Å²) in [6, 6.07) is 1.95. The van der Waals surface area contributed by atoms with Gasteiger partial charge in [-0.2, -0.15) is 5.10 Å². The highest BCUT2D eigenvalue weighted by molar-refractivity contribution is 5.70. The van der Waals surface area contributed by atoms with E-state index in [9.17, 15) is 0 Å². The summed E-state index contributed by atoms with van der Waals surface area (Å²) < 4.78 is 7.44. The van der Waals surface area contributed by atoms with Crippen molar-refractivity contribution in [2.45, 2.75) is 33.2 Å². The smallest absolute Gasteiger partial charge is 0.189 e. The van der Waals surface area contributed by atoms with Gasteiger partial charge in [0.15, 0.2) is 11.6 Å². The molecule has 0 radical (unpaired) electrons. The van der Waals surface area contributed by atoms with Crippen LogP contribution in [0.25, 0.3) is 11.4 Å². The summed E-state index contributed by atoms with van der Waals surface area (Å²) >= 11 is 0. The number of ether oxygens (including phenoxy) is 1. The molecule has 108 valence electrons. The lowest BCUT2D eigenvalue weighted by molar-refractivity contribution is 0.414. The third-order valence-electron chi connectivity index (χ3n) is 2.94. The van der Waals surface area contributed by atoms with Crippen molar-refractivity contribution >= 4 is 5.82 Å². The zero-order valence-electron chi connectivity index (χ0n) is 12.3. The third kappa shape index (κ3) is 2.89. The molecule has 2 aromatic heterocycles. The van der Waals surface area contributed by atoms with E-state index in [2.05, 4.69) is 34.2 Å². The molecule has 0 spiro atoms. The topological polar surface area (TPSA) is 64.9 Å². The Morgan fingerprint density at radius 3 is 2.80 bits per heavy atom. The van der Waals surface area contributed by atoms with Gasteiger partial charge in [-0.05, 0) is 18.9 Å². The third-order valence-corrected chi connectivity index (χ3v) is 2.94. The number of anilines is 1. The fourth-order valence-electron chi connectivity index (χ4n) is 2.04. The first-order valence-corrected chi connectivity index (χ1v) is 6.96. The monoisotopic (exact) mass is 275 g/mol. The van der Waals surface area contributed by atoms with Crippen molar-refractivity contribution in [3.05, 3.63) is 18.6 Å². The van der Waals surface area contributed by atoms with Crippen LogP contribution in [0.3, 0.4) is 0 Å². The number of methoxy groups -OCH3 is 1. The van der Waals surface area contributed by atoms with E-state index in [1.807, 2.05) is 10.7 Å². The van der Waals surface area contributed by atoms with Gasteiger partial charge >= 0.3 is 0 Å². The lowest BCUT2D eigenvalue weighted by atomic mass is 10.2. The Bertz CT molecular complexity index is 552. The number of aryl methyl sites for hydroxylation is 1. The van der Waals surface area contributed by atoms with Gasteiger partial charge in [0.25, 0.3) is 0 Å². The van der Waals surface area contributed by atoms with Gasteiger partial charge in [-0.25, -0.2) is 9.97 Å². The molecule has 20 heavy (non-hydrogen) atoms. The first-order chi connectivity index (χ1) is 9.81. The van der Waals surface area contributed by atoms with E-state index < -0.39 is 0 Å². The second-order valence-corrected chi connectivity index (χ2v) is 4.47. The lowest BCUT2D eigenvalue weighted by Gasteiger charge is -2.13. The molecular weight excluding hydrogens is 254 g/mol. The second kappa shape index (κ2) is 6.88. The molecule has 0 atom stereocenters. The lowest BCUT2D eigenvalue weighted by Crippen LogP contribution is -2.08. The molecule has 0 aliphatic carbocycles. The summed E-state index contributed by atoms with van der Waals surface area (Å²) in [5.41, 5.74) is 1.72. The normalized spacial score (nSPS) is 10.6. The fourth-order valence-corrected chi connectivity index (χ4v) is 2.04. The Morgan fingerprint density at radius 2 is 2.10 bits per heavy atom. The SMILES string of the molecule is CCCNc1ncnc(-c2ccnn2CCC)c1OC. The predicted molar refractivity (Wildman–Crippen MR) is 78.9 cm³/mol. The molecule has 0 aliphatic heterocycles. The van der Waals surface area contributed by atoms with E-state index in [4.69, 9.17) is 4.74 Å².